The van der Waals surface area contributed by atoms with Gasteiger partial charge in [-0.1, -0.05) is 35.9 Å². The third kappa shape index (κ3) is 1.79. The lowest BCUT2D eigenvalue weighted by Gasteiger charge is -2.23. The Kier molecular flexibility index (Phi) is 2.83. The summed E-state index contributed by atoms with van der Waals surface area (Å²) < 4.78 is 0. The van der Waals surface area contributed by atoms with Gasteiger partial charge in [0.25, 0.3) is 0 Å². The van der Waals surface area contributed by atoms with Crippen LogP contribution in [0.15, 0.2) is 36.4 Å². The number of nitrogens with zero attached hydrogens (tertiary/aromatic N) is 1. The van der Waals surface area contributed by atoms with Gasteiger partial charge in [0, 0.05) is 16.3 Å². The van der Waals surface area contributed by atoms with E-state index in [0.717, 1.165) is 32.9 Å². The van der Waals surface area contributed by atoms with E-state index in [1.807, 2.05) is 24.3 Å². The minimum absolute atomic E-state index is 0.737. The van der Waals surface area contributed by atoms with Gasteiger partial charge in [-0.3, -0.25) is 0 Å². The van der Waals surface area contributed by atoms with Crippen molar-refractivity contribution in [3.8, 4) is 0 Å². The fraction of sp³-hybridized carbons (Fsp3) is 0.211. The molecule has 0 saturated heterocycles. The third-order valence-electron chi connectivity index (χ3n) is 4.55. The molecule has 0 radical (unpaired) electrons. The van der Waals surface area contributed by atoms with Gasteiger partial charge >= 0.3 is 0 Å². The zero-order valence-corrected chi connectivity index (χ0v) is 12.5. The molecule has 1 aliphatic carbocycles. The molecule has 2 atom stereocenters. The van der Waals surface area contributed by atoms with Gasteiger partial charge in [0.15, 0.2) is 0 Å². The smallest absolute Gasteiger partial charge is 0.109 e. The number of aromatic nitrogens is 1. The molecule has 110 valence electrons. The number of benzene rings is 2. The van der Waals surface area contributed by atoms with Gasteiger partial charge in [-0.05, 0) is 37.1 Å². The monoisotopic (exact) mass is 291 g/mol. The molecule has 1 aliphatic rings. The van der Waals surface area contributed by atoms with Crippen molar-refractivity contribution in [3.63, 3.8) is 0 Å². The quantitative estimate of drug-likeness (QED) is 0.624. The maximum atomic E-state index is 10.2. The zero-order valence-electron chi connectivity index (χ0n) is 12.5. The summed E-state index contributed by atoms with van der Waals surface area (Å²) in [6.07, 6.45) is 1.75. The summed E-state index contributed by atoms with van der Waals surface area (Å²) in [4.78, 5) is 4.81. The first-order valence-electron chi connectivity index (χ1n) is 7.44. The number of aliphatic hydroxyl groups excluding tert-OH is 2. The van der Waals surface area contributed by atoms with Crippen LogP contribution in [0.2, 0.25) is 0 Å². The maximum absolute atomic E-state index is 10.2. The summed E-state index contributed by atoms with van der Waals surface area (Å²) in [5.74, 6) is 0. The molecule has 0 bridgehead atoms. The molecule has 3 nitrogen and oxygen atoms in total. The van der Waals surface area contributed by atoms with Crippen molar-refractivity contribution in [1.82, 2.24) is 4.98 Å². The second-order valence-electron chi connectivity index (χ2n) is 6.02. The highest BCUT2D eigenvalue weighted by atomic mass is 16.3. The van der Waals surface area contributed by atoms with Crippen LogP contribution in [-0.2, 0) is 0 Å². The summed E-state index contributed by atoms with van der Waals surface area (Å²) >= 11 is 0. The Hall–Kier alpha value is -2.23. The molecule has 4 rings (SSSR count). The lowest BCUT2D eigenvalue weighted by molar-refractivity contribution is 0.0471. The SMILES string of the molecule is Cc1ccc2nc3c4c(ccc3c(C)c2c1)[C@@H](O)[C@H](O)C=C4. The van der Waals surface area contributed by atoms with Crippen LogP contribution >= 0.6 is 0 Å². The largest absolute Gasteiger partial charge is 0.386 e. The van der Waals surface area contributed by atoms with E-state index in [1.165, 1.54) is 11.1 Å². The molecule has 0 aliphatic heterocycles. The molecule has 0 amide bonds. The van der Waals surface area contributed by atoms with Crippen molar-refractivity contribution in [2.45, 2.75) is 26.1 Å². The summed E-state index contributed by atoms with van der Waals surface area (Å²) in [5, 5.41) is 22.2. The van der Waals surface area contributed by atoms with Crippen LogP contribution in [0, 0.1) is 13.8 Å². The molecule has 2 N–H and O–H groups in total. The number of aryl methyl sites for hydroxylation is 2. The fourth-order valence-electron chi connectivity index (χ4n) is 3.28. The van der Waals surface area contributed by atoms with Gasteiger partial charge < -0.3 is 10.2 Å². The van der Waals surface area contributed by atoms with Crippen molar-refractivity contribution >= 4 is 27.9 Å². The first-order valence-corrected chi connectivity index (χ1v) is 7.44. The summed E-state index contributed by atoms with van der Waals surface area (Å²) in [5.41, 5.74) is 5.89. The molecular weight excluding hydrogens is 274 g/mol. The van der Waals surface area contributed by atoms with Gasteiger partial charge in [0.1, 0.15) is 12.2 Å². The Labute approximate surface area is 128 Å². The lowest BCUT2D eigenvalue weighted by atomic mass is 9.89. The van der Waals surface area contributed by atoms with Gasteiger partial charge in [0.05, 0.1) is 11.0 Å². The predicted molar refractivity (Wildman–Crippen MR) is 88.7 cm³/mol. The maximum Gasteiger partial charge on any atom is 0.109 e. The first kappa shape index (κ1) is 13.4. The Morgan fingerprint density at radius 1 is 1.00 bits per heavy atom. The van der Waals surface area contributed by atoms with Gasteiger partial charge in [-0.25, -0.2) is 4.98 Å². The number of rotatable bonds is 0. The van der Waals surface area contributed by atoms with E-state index in [9.17, 15) is 10.2 Å². The fourth-order valence-corrected chi connectivity index (χ4v) is 3.28. The van der Waals surface area contributed by atoms with Crippen molar-refractivity contribution in [3.05, 3.63) is 58.7 Å². The average molecular weight is 291 g/mol. The van der Waals surface area contributed by atoms with Crippen LogP contribution in [0.4, 0.5) is 0 Å². The van der Waals surface area contributed by atoms with Crippen molar-refractivity contribution in [2.24, 2.45) is 0 Å². The number of fused-ring (bicyclic) bond motifs is 4. The highest BCUT2D eigenvalue weighted by Gasteiger charge is 2.24. The molecule has 3 aromatic rings. The van der Waals surface area contributed by atoms with Crippen molar-refractivity contribution < 1.29 is 10.2 Å². The molecule has 2 aromatic carbocycles. The van der Waals surface area contributed by atoms with E-state index in [0.29, 0.717) is 0 Å². The van der Waals surface area contributed by atoms with Crippen LogP contribution in [0.25, 0.3) is 27.9 Å². The number of hydrogen-bond donors (Lipinski definition) is 2. The highest BCUT2D eigenvalue weighted by Crippen LogP contribution is 2.35. The lowest BCUT2D eigenvalue weighted by Crippen LogP contribution is -2.19. The molecule has 0 unspecified atom stereocenters. The number of pyridine rings is 1. The van der Waals surface area contributed by atoms with Crippen molar-refractivity contribution in [2.75, 3.05) is 0 Å². The Morgan fingerprint density at radius 3 is 2.64 bits per heavy atom. The molecule has 3 heteroatoms. The number of aliphatic hydroxyl groups is 2. The van der Waals surface area contributed by atoms with Crippen LogP contribution in [0.1, 0.15) is 28.4 Å². The highest BCUT2D eigenvalue weighted by molar-refractivity contribution is 6.01. The van der Waals surface area contributed by atoms with Gasteiger partial charge in [-0.15, -0.1) is 0 Å². The molecule has 1 aromatic heterocycles. The summed E-state index contributed by atoms with van der Waals surface area (Å²) in [7, 11) is 0. The standard InChI is InChI=1S/C19H17NO2/c1-10-3-7-16-15(9-10)11(2)12-4-5-14-13(18(12)20-16)6-8-17(21)19(14)22/h3-9,17,19,21-22H,1-2H3/t17-,19-/m1/s1. The molecule has 0 saturated carbocycles. The van der Waals surface area contributed by atoms with E-state index in [-0.39, 0.29) is 0 Å². The summed E-state index contributed by atoms with van der Waals surface area (Å²) in [6.45, 7) is 4.19. The molecule has 0 fully saturated rings. The second-order valence-corrected chi connectivity index (χ2v) is 6.02. The molecular formula is C19H17NO2. The van der Waals surface area contributed by atoms with E-state index in [4.69, 9.17) is 4.98 Å². The Bertz CT molecular complexity index is 943. The topological polar surface area (TPSA) is 53.4 Å². The van der Waals surface area contributed by atoms with E-state index < -0.39 is 12.2 Å². The average Bonchev–Trinajstić information content (AvgIpc) is 2.51. The third-order valence-corrected chi connectivity index (χ3v) is 4.55. The minimum atomic E-state index is -0.889. The second kappa shape index (κ2) is 4.63. The van der Waals surface area contributed by atoms with Crippen LogP contribution in [0.3, 0.4) is 0 Å². The van der Waals surface area contributed by atoms with E-state index in [1.54, 1.807) is 6.08 Å². The van der Waals surface area contributed by atoms with Crippen LogP contribution in [-0.4, -0.2) is 21.3 Å². The molecule has 22 heavy (non-hydrogen) atoms. The Balaban J connectivity index is 2.13. The normalized spacial score (nSPS) is 20.5. The Morgan fingerprint density at radius 2 is 1.82 bits per heavy atom. The molecule has 0 spiro atoms. The van der Waals surface area contributed by atoms with E-state index >= 15 is 0 Å². The van der Waals surface area contributed by atoms with Gasteiger partial charge in [-0.2, -0.15) is 0 Å². The minimum Gasteiger partial charge on any atom is -0.386 e. The van der Waals surface area contributed by atoms with Crippen LogP contribution < -0.4 is 0 Å². The van der Waals surface area contributed by atoms with Crippen LogP contribution in [0.5, 0.6) is 0 Å². The van der Waals surface area contributed by atoms with Gasteiger partial charge in [0.2, 0.25) is 0 Å². The zero-order chi connectivity index (χ0) is 15.4. The van der Waals surface area contributed by atoms with Crippen molar-refractivity contribution in [1.29, 1.82) is 0 Å². The number of hydrogen-bond acceptors (Lipinski definition) is 3. The predicted octanol–water partition coefficient (Wildman–Crippen LogP) is 3.43. The first-order chi connectivity index (χ1) is 10.6. The molecule has 1 heterocycles. The summed E-state index contributed by atoms with van der Waals surface area (Å²) in [6, 6.07) is 10.1. The van der Waals surface area contributed by atoms with E-state index in [2.05, 4.69) is 26.0 Å².